The van der Waals surface area contributed by atoms with E-state index < -0.39 is 0 Å². The second-order valence-electron chi connectivity index (χ2n) is 6.41. The van der Waals surface area contributed by atoms with Crippen LogP contribution in [0.5, 0.6) is 0 Å². The van der Waals surface area contributed by atoms with Gasteiger partial charge >= 0.3 is 0 Å². The monoisotopic (exact) mass is 293 g/mol. The van der Waals surface area contributed by atoms with E-state index in [0.717, 1.165) is 6.04 Å². The summed E-state index contributed by atoms with van der Waals surface area (Å²) >= 11 is 1.89. The summed E-state index contributed by atoms with van der Waals surface area (Å²) in [5, 5.41) is 5.03. The number of piperidine rings is 2. The molecule has 20 heavy (non-hydrogen) atoms. The molecule has 3 rings (SSSR count). The zero-order valence-electron chi connectivity index (χ0n) is 13.0. The van der Waals surface area contributed by atoms with Crippen LogP contribution in [0.4, 0.5) is 5.13 Å². The van der Waals surface area contributed by atoms with E-state index in [1.165, 1.54) is 60.8 Å². The molecular weight excluding hydrogens is 266 g/mol. The van der Waals surface area contributed by atoms with Crippen LogP contribution in [0.1, 0.15) is 56.0 Å². The van der Waals surface area contributed by atoms with Crippen molar-refractivity contribution in [3.05, 3.63) is 10.6 Å². The lowest BCUT2D eigenvalue weighted by atomic mass is 9.82. The van der Waals surface area contributed by atoms with Crippen LogP contribution in [0.15, 0.2) is 0 Å². The van der Waals surface area contributed by atoms with Crippen molar-refractivity contribution >= 4 is 16.5 Å². The Bertz CT molecular complexity index is 423. The van der Waals surface area contributed by atoms with Crippen LogP contribution in [0.2, 0.25) is 0 Å². The van der Waals surface area contributed by atoms with Gasteiger partial charge in [-0.2, -0.15) is 0 Å². The molecule has 0 radical (unpaired) electrons. The molecule has 0 aromatic carbocycles. The SMILES string of the molecule is CCCNC1CC2CCCC(C1)N2c1nc(C)c(C)s1. The molecule has 0 aliphatic carbocycles. The van der Waals surface area contributed by atoms with Crippen LogP contribution in [0, 0.1) is 13.8 Å². The largest absolute Gasteiger partial charge is 0.342 e. The second kappa shape index (κ2) is 6.02. The maximum atomic E-state index is 4.83. The molecule has 3 heterocycles. The molecular formula is C16H27N3S. The second-order valence-corrected chi connectivity index (χ2v) is 7.59. The Balaban J connectivity index is 1.76. The van der Waals surface area contributed by atoms with Crippen LogP contribution >= 0.6 is 11.3 Å². The van der Waals surface area contributed by atoms with E-state index in [-0.39, 0.29) is 0 Å². The fourth-order valence-electron chi connectivity index (χ4n) is 3.78. The molecule has 3 nitrogen and oxygen atoms in total. The smallest absolute Gasteiger partial charge is 0.186 e. The Kier molecular flexibility index (Phi) is 4.32. The Hall–Kier alpha value is -0.610. The molecule has 0 amide bonds. The highest BCUT2D eigenvalue weighted by Gasteiger charge is 2.39. The maximum Gasteiger partial charge on any atom is 0.186 e. The molecule has 2 aliphatic rings. The number of anilines is 1. The number of nitrogens with one attached hydrogen (secondary N) is 1. The molecule has 1 aromatic rings. The molecule has 2 unspecified atom stereocenters. The fourth-order valence-corrected chi connectivity index (χ4v) is 4.83. The van der Waals surface area contributed by atoms with E-state index in [1.54, 1.807) is 0 Å². The third kappa shape index (κ3) is 2.73. The molecule has 2 aliphatic heterocycles. The van der Waals surface area contributed by atoms with Gasteiger partial charge in [-0.15, -0.1) is 11.3 Å². The van der Waals surface area contributed by atoms with Crippen molar-refractivity contribution in [3.8, 4) is 0 Å². The number of fused-ring (bicyclic) bond motifs is 2. The predicted octanol–water partition coefficient (Wildman–Crippen LogP) is 3.65. The molecule has 2 bridgehead atoms. The maximum absolute atomic E-state index is 4.83. The zero-order chi connectivity index (χ0) is 14.1. The Morgan fingerprint density at radius 1 is 1.25 bits per heavy atom. The lowest BCUT2D eigenvalue weighted by Crippen LogP contribution is -2.56. The Labute approximate surface area is 126 Å². The number of rotatable bonds is 4. The van der Waals surface area contributed by atoms with Gasteiger partial charge in [-0.25, -0.2) is 4.98 Å². The molecule has 1 N–H and O–H groups in total. The first-order chi connectivity index (χ1) is 9.69. The van der Waals surface area contributed by atoms with Crippen molar-refractivity contribution in [2.24, 2.45) is 0 Å². The van der Waals surface area contributed by atoms with Gasteiger partial charge in [0, 0.05) is 23.0 Å². The van der Waals surface area contributed by atoms with Crippen LogP contribution in [-0.4, -0.2) is 29.7 Å². The molecule has 1 aromatic heterocycles. The van der Waals surface area contributed by atoms with Gasteiger partial charge in [-0.1, -0.05) is 6.92 Å². The highest BCUT2D eigenvalue weighted by Crippen LogP contribution is 2.39. The number of hydrogen-bond donors (Lipinski definition) is 1. The number of aromatic nitrogens is 1. The summed E-state index contributed by atoms with van der Waals surface area (Å²) in [7, 11) is 0. The summed E-state index contributed by atoms with van der Waals surface area (Å²) in [4.78, 5) is 8.87. The minimum atomic E-state index is 0.710. The summed E-state index contributed by atoms with van der Waals surface area (Å²) < 4.78 is 0. The van der Waals surface area contributed by atoms with Crippen molar-refractivity contribution in [2.45, 2.75) is 77.4 Å². The van der Waals surface area contributed by atoms with Gasteiger partial charge in [-0.3, -0.25) is 0 Å². The van der Waals surface area contributed by atoms with E-state index in [4.69, 9.17) is 4.98 Å². The minimum absolute atomic E-state index is 0.710. The molecule has 4 heteroatoms. The van der Waals surface area contributed by atoms with Crippen molar-refractivity contribution < 1.29 is 0 Å². The first-order valence-corrected chi connectivity index (χ1v) is 8.96. The van der Waals surface area contributed by atoms with E-state index in [2.05, 4.69) is 31.0 Å². The molecule has 0 saturated carbocycles. The minimum Gasteiger partial charge on any atom is -0.342 e. The van der Waals surface area contributed by atoms with E-state index in [1.807, 2.05) is 11.3 Å². The predicted molar refractivity (Wildman–Crippen MR) is 86.8 cm³/mol. The van der Waals surface area contributed by atoms with Crippen molar-refractivity contribution in [2.75, 3.05) is 11.4 Å². The number of thiazole rings is 1. The molecule has 112 valence electrons. The zero-order valence-corrected chi connectivity index (χ0v) is 13.8. The van der Waals surface area contributed by atoms with E-state index in [9.17, 15) is 0 Å². The highest BCUT2D eigenvalue weighted by atomic mass is 32.1. The van der Waals surface area contributed by atoms with Crippen LogP contribution < -0.4 is 10.2 Å². The normalized spacial score (nSPS) is 29.8. The average Bonchev–Trinajstić information content (AvgIpc) is 2.75. The quantitative estimate of drug-likeness (QED) is 0.918. The van der Waals surface area contributed by atoms with E-state index in [0.29, 0.717) is 12.1 Å². The van der Waals surface area contributed by atoms with Gasteiger partial charge in [0.05, 0.1) is 5.69 Å². The summed E-state index contributed by atoms with van der Waals surface area (Å²) in [6, 6.07) is 2.15. The van der Waals surface area contributed by atoms with Gasteiger partial charge in [0.1, 0.15) is 0 Å². The van der Waals surface area contributed by atoms with Crippen LogP contribution in [0.25, 0.3) is 0 Å². The Morgan fingerprint density at radius 3 is 2.50 bits per heavy atom. The number of hydrogen-bond acceptors (Lipinski definition) is 4. The summed E-state index contributed by atoms with van der Waals surface area (Å²) in [5.74, 6) is 0. The summed E-state index contributed by atoms with van der Waals surface area (Å²) in [5.41, 5.74) is 1.22. The van der Waals surface area contributed by atoms with Gasteiger partial charge in [0.2, 0.25) is 0 Å². The summed E-state index contributed by atoms with van der Waals surface area (Å²) in [6.07, 6.45) is 7.93. The average molecular weight is 293 g/mol. The van der Waals surface area contributed by atoms with Gasteiger partial charge < -0.3 is 10.2 Å². The highest BCUT2D eigenvalue weighted by molar-refractivity contribution is 7.15. The molecule has 2 atom stereocenters. The molecule has 2 saturated heterocycles. The topological polar surface area (TPSA) is 28.2 Å². The lowest BCUT2D eigenvalue weighted by molar-refractivity contribution is 0.245. The third-order valence-electron chi connectivity index (χ3n) is 4.90. The molecule has 2 fully saturated rings. The van der Waals surface area contributed by atoms with Crippen molar-refractivity contribution in [1.29, 1.82) is 0 Å². The van der Waals surface area contributed by atoms with Crippen molar-refractivity contribution in [1.82, 2.24) is 10.3 Å². The lowest BCUT2D eigenvalue weighted by Gasteiger charge is -2.49. The Morgan fingerprint density at radius 2 is 1.95 bits per heavy atom. The number of aryl methyl sites for hydroxylation is 2. The van der Waals surface area contributed by atoms with Gasteiger partial charge in [-0.05, 0) is 58.9 Å². The van der Waals surface area contributed by atoms with Gasteiger partial charge in [0.25, 0.3) is 0 Å². The molecule has 0 spiro atoms. The first kappa shape index (κ1) is 14.3. The van der Waals surface area contributed by atoms with Crippen LogP contribution in [-0.2, 0) is 0 Å². The van der Waals surface area contributed by atoms with Crippen LogP contribution in [0.3, 0.4) is 0 Å². The summed E-state index contributed by atoms with van der Waals surface area (Å²) in [6.45, 7) is 7.76. The third-order valence-corrected chi connectivity index (χ3v) is 5.98. The van der Waals surface area contributed by atoms with E-state index >= 15 is 0 Å². The van der Waals surface area contributed by atoms with Gasteiger partial charge in [0.15, 0.2) is 5.13 Å². The fraction of sp³-hybridized carbons (Fsp3) is 0.812. The number of nitrogens with zero attached hydrogens (tertiary/aromatic N) is 2. The first-order valence-electron chi connectivity index (χ1n) is 8.14. The standard InChI is InChI=1S/C16H27N3S/c1-4-8-17-13-9-14-6-5-7-15(10-13)19(14)16-18-11(2)12(3)20-16/h13-15,17H,4-10H2,1-3H3. The van der Waals surface area contributed by atoms with Crippen molar-refractivity contribution in [3.63, 3.8) is 0 Å².